The van der Waals surface area contributed by atoms with E-state index < -0.39 is 9.73 Å². The third-order valence-electron chi connectivity index (χ3n) is 3.03. The largest absolute Gasteiger partial charge is 0.316 e. The highest BCUT2D eigenvalue weighted by molar-refractivity contribution is 7.93. The molecule has 3 unspecified atom stereocenters. The van der Waals surface area contributed by atoms with Gasteiger partial charge in [-0.3, -0.25) is 0 Å². The van der Waals surface area contributed by atoms with Gasteiger partial charge < -0.3 is 10.6 Å². The molecule has 82 valence electrons. The van der Waals surface area contributed by atoms with Crippen LogP contribution >= 0.6 is 0 Å². The summed E-state index contributed by atoms with van der Waals surface area (Å²) < 4.78 is 16.8. The summed E-state index contributed by atoms with van der Waals surface area (Å²) in [6.45, 7) is 1.94. The molecule has 0 aromatic carbocycles. The molecule has 0 aliphatic carbocycles. The van der Waals surface area contributed by atoms with E-state index in [0.29, 0.717) is 12.1 Å². The van der Waals surface area contributed by atoms with E-state index in [1.54, 1.807) is 0 Å². The second kappa shape index (κ2) is 4.16. The van der Waals surface area contributed by atoms with Crippen molar-refractivity contribution in [3.63, 3.8) is 0 Å². The van der Waals surface area contributed by atoms with E-state index in [2.05, 4.69) is 15.0 Å². The Labute approximate surface area is 86.0 Å². The van der Waals surface area contributed by atoms with Crippen molar-refractivity contribution in [1.82, 2.24) is 10.6 Å². The van der Waals surface area contributed by atoms with E-state index >= 15 is 0 Å². The topological polar surface area (TPSA) is 53.5 Å². The van der Waals surface area contributed by atoms with E-state index in [1.807, 2.05) is 7.05 Å². The normalized spacial score (nSPS) is 42.9. The summed E-state index contributed by atoms with van der Waals surface area (Å²) in [6.07, 6.45) is 2.07. The van der Waals surface area contributed by atoms with Crippen LogP contribution in [0.3, 0.4) is 0 Å². The Morgan fingerprint density at radius 2 is 2.36 bits per heavy atom. The van der Waals surface area contributed by atoms with Gasteiger partial charge in [0.1, 0.15) is 0 Å². The van der Waals surface area contributed by atoms with Gasteiger partial charge in [-0.1, -0.05) is 0 Å². The van der Waals surface area contributed by atoms with E-state index in [9.17, 15) is 4.21 Å². The van der Waals surface area contributed by atoms with Gasteiger partial charge in [0, 0.05) is 33.8 Å². The van der Waals surface area contributed by atoms with E-state index in [1.165, 1.54) is 0 Å². The van der Waals surface area contributed by atoms with Crippen molar-refractivity contribution in [3.05, 3.63) is 0 Å². The van der Waals surface area contributed by atoms with Gasteiger partial charge in [-0.05, 0) is 26.4 Å². The molecule has 2 rings (SSSR count). The molecular formula is C9H19N3OS. The van der Waals surface area contributed by atoms with Crippen molar-refractivity contribution >= 4 is 9.73 Å². The molecule has 2 aliphatic rings. The van der Waals surface area contributed by atoms with E-state index in [-0.39, 0.29) is 0 Å². The quantitative estimate of drug-likeness (QED) is 0.674. The second-order valence-corrected chi connectivity index (χ2v) is 6.67. The van der Waals surface area contributed by atoms with Gasteiger partial charge >= 0.3 is 0 Å². The number of hydrogen-bond donors (Lipinski definition) is 2. The molecule has 2 fully saturated rings. The Morgan fingerprint density at radius 1 is 1.50 bits per heavy atom. The van der Waals surface area contributed by atoms with Crippen LogP contribution in [-0.4, -0.2) is 47.9 Å². The predicted octanol–water partition coefficient (Wildman–Crippen LogP) is -0.192. The highest BCUT2D eigenvalue weighted by Crippen LogP contribution is 2.17. The first kappa shape index (κ1) is 10.4. The molecule has 0 aromatic rings. The van der Waals surface area contributed by atoms with Gasteiger partial charge in [-0.15, -0.1) is 0 Å². The van der Waals surface area contributed by atoms with Gasteiger partial charge in [0.25, 0.3) is 0 Å². The van der Waals surface area contributed by atoms with E-state index in [4.69, 9.17) is 0 Å². The third-order valence-corrected chi connectivity index (χ3v) is 5.51. The van der Waals surface area contributed by atoms with Crippen molar-refractivity contribution in [1.29, 1.82) is 0 Å². The van der Waals surface area contributed by atoms with Crippen LogP contribution in [0.1, 0.15) is 12.8 Å². The molecule has 3 atom stereocenters. The van der Waals surface area contributed by atoms with Gasteiger partial charge in [0.15, 0.2) is 0 Å². The summed E-state index contributed by atoms with van der Waals surface area (Å²) >= 11 is 0. The highest BCUT2D eigenvalue weighted by atomic mass is 32.2. The maximum atomic E-state index is 12.3. The van der Waals surface area contributed by atoms with Crippen LogP contribution in [-0.2, 0) is 9.73 Å². The molecule has 0 bridgehead atoms. The lowest BCUT2D eigenvalue weighted by molar-refractivity contribution is 0.622. The minimum atomic E-state index is -1.88. The number of rotatable bonds is 2. The summed E-state index contributed by atoms with van der Waals surface area (Å²) in [6, 6.07) is 0.721. The summed E-state index contributed by atoms with van der Waals surface area (Å²) in [5.74, 6) is 1.54. The Morgan fingerprint density at radius 3 is 2.93 bits per heavy atom. The number of nitrogens with one attached hydrogen (secondary N) is 2. The van der Waals surface area contributed by atoms with Crippen molar-refractivity contribution in [3.8, 4) is 0 Å². The summed E-state index contributed by atoms with van der Waals surface area (Å²) in [4.78, 5) is 0. The van der Waals surface area contributed by atoms with E-state index in [0.717, 1.165) is 37.4 Å². The summed E-state index contributed by atoms with van der Waals surface area (Å²) in [7, 11) is 0.0615. The smallest absolute Gasteiger partial charge is 0.0730 e. The first-order valence-corrected chi connectivity index (χ1v) is 7.17. The van der Waals surface area contributed by atoms with Gasteiger partial charge in [-0.25, -0.2) is 8.57 Å². The van der Waals surface area contributed by atoms with Crippen LogP contribution in [0.4, 0.5) is 0 Å². The Bertz CT molecular complexity index is 303. The SMILES string of the molecule is CNC1CCS(=O)(=NC2CCNC2)C1. The van der Waals surface area contributed by atoms with Crippen LogP contribution < -0.4 is 10.6 Å². The summed E-state index contributed by atoms with van der Waals surface area (Å²) in [5, 5.41) is 6.44. The van der Waals surface area contributed by atoms with Crippen molar-refractivity contribution < 1.29 is 4.21 Å². The van der Waals surface area contributed by atoms with Gasteiger partial charge in [-0.2, -0.15) is 0 Å². The van der Waals surface area contributed by atoms with Gasteiger partial charge in [0.05, 0.1) is 6.04 Å². The van der Waals surface area contributed by atoms with Crippen LogP contribution in [0.15, 0.2) is 4.36 Å². The molecule has 2 aliphatic heterocycles. The number of hydrogen-bond acceptors (Lipinski definition) is 4. The zero-order valence-corrected chi connectivity index (χ0v) is 9.48. The molecule has 14 heavy (non-hydrogen) atoms. The minimum absolute atomic E-state index is 0.304. The molecule has 5 heteroatoms. The lowest BCUT2D eigenvalue weighted by atomic mass is 10.3. The fraction of sp³-hybridized carbons (Fsp3) is 1.00. The van der Waals surface area contributed by atoms with Crippen LogP contribution in [0, 0.1) is 0 Å². The fourth-order valence-corrected chi connectivity index (χ4v) is 4.83. The molecular weight excluding hydrogens is 198 g/mol. The Kier molecular flexibility index (Phi) is 3.09. The fourth-order valence-electron chi connectivity index (χ4n) is 2.13. The highest BCUT2D eigenvalue weighted by Gasteiger charge is 2.27. The van der Waals surface area contributed by atoms with Gasteiger partial charge in [0.2, 0.25) is 0 Å². The maximum absolute atomic E-state index is 12.3. The van der Waals surface area contributed by atoms with Crippen LogP contribution in [0.25, 0.3) is 0 Å². The molecule has 0 spiro atoms. The molecule has 2 saturated heterocycles. The van der Waals surface area contributed by atoms with Crippen molar-refractivity contribution in [2.24, 2.45) is 4.36 Å². The lowest BCUT2D eigenvalue weighted by Crippen LogP contribution is -2.26. The van der Waals surface area contributed by atoms with Crippen molar-refractivity contribution in [2.75, 3.05) is 31.6 Å². The summed E-state index contributed by atoms with van der Waals surface area (Å²) in [5.41, 5.74) is 0. The second-order valence-electron chi connectivity index (χ2n) is 4.17. The molecule has 0 aromatic heterocycles. The average molecular weight is 217 g/mol. The first-order valence-electron chi connectivity index (χ1n) is 5.31. The first-order chi connectivity index (χ1) is 6.72. The molecule has 0 amide bonds. The maximum Gasteiger partial charge on any atom is 0.0730 e. The predicted molar refractivity (Wildman–Crippen MR) is 59.0 cm³/mol. The Hall–Kier alpha value is -0.130. The third kappa shape index (κ3) is 2.27. The Balaban J connectivity index is 2.05. The number of nitrogens with zero attached hydrogens (tertiary/aromatic N) is 1. The average Bonchev–Trinajstić information content (AvgIpc) is 2.76. The standard InChI is InChI=1S/C9H19N3OS/c1-10-9-3-5-14(13,7-9)12-8-2-4-11-6-8/h8-11H,2-7H2,1H3. The molecule has 4 nitrogen and oxygen atoms in total. The molecule has 0 radical (unpaired) electrons. The van der Waals surface area contributed by atoms with Crippen LogP contribution in [0.5, 0.6) is 0 Å². The minimum Gasteiger partial charge on any atom is -0.316 e. The zero-order valence-electron chi connectivity index (χ0n) is 8.66. The van der Waals surface area contributed by atoms with Crippen molar-refractivity contribution in [2.45, 2.75) is 24.9 Å². The molecule has 2 N–H and O–H groups in total. The lowest BCUT2D eigenvalue weighted by Gasteiger charge is -2.07. The molecule has 0 saturated carbocycles. The zero-order chi connectivity index (χ0) is 10.0. The van der Waals surface area contributed by atoms with Crippen LogP contribution in [0.2, 0.25) is 0 Å². The molecule has 2 heterocycles. The monoisotopic (exact) mass is 217 g/mol.